The second-order valence-corrected chi connectivity index (χ2v) is 6.94. The van der Waals surface area contributed by atoms with Crippen LogP contribution in [0, 0.1) is 11.8 Å². The largest absolute Gasteiger partial charge is 0.330 e. The Hall–Kier alpha value is -1.99. The van der Waals surface area contributed by atoms with E-state index in [2.05, 4.69) is 15.6 Å². The number of nitrogens with zero attached hydrogens (tertiary/aromatic N) is 1. The van der Waals surface area contributed by atoms with Gasteiger partial charge >= 0.3 is 0 Å². The van der Waals surface area contributed by atoms with Gasteiger partial charge in [-0.3, -0.25) is 9.59 Å². The van der Waals surface area contributed by atoms with Crippen molar-refractivity contribution in [1.29, 1.82) is 0 Å². The van der Waals surface area contributed by atoms with Crippen molar-refractivity contribution in [3.63, 3.8) is 0 Å². The van der Waals surface area contributed by atoms with E-state index in [1.54, 1.807) is 0 Å². The van der Waals surface area contributed by atoms with Gasteiger partial charge in [0.15, 0.2) is 5.13 Å². The number of amides is 2. The minimum atomic E-state index is -0.147. The molecule has 1 heterocycles. The zero-order valence-electron chi connectivity index (χ0n) is 13.0. The molecule has 2 amide bonds. The first-order chi connectivity index (χ1) is 11.1. The van der Waals surface area contributed by atoms with Crippen LogP contribution in [0.3, 0.4) is 0 Å². The Labute approximate surface area is 138 Å². The van der Waals surface area contributed by atoms with Crippen molar-refractivity contribution in [1.82, 2.24) is 4.98 Å². The Morgan fingerprint density at radius 2 is 2.17 bits per heavy atom. The van der Waals surface area contributed by atoms with E-state index >= 15 is 0 Å². The highest BCUT2D eigenvalue weighted by Gasteiger charge is 2.31. The van der Waals surface area contributed by atoms with Gasteiger partial charge in [0.05, 0.1) is 10.2 Å². The number of nitrogens with one attached hydrogen (secondary N) is 2. The summed E-state index contributed by atoms with van der Waals surface area (Å²) >= 11 is 1.39. The van der Waals surface area contributed by atoms with Crippen LogP contribution in [-0.4, -0.2) is 23.3 Å². The Morgan fingerprint density at radius 1 is 1.35 bits per heavy atom. The van der Waals surface area contributed by atoms with Crippen molar-refractivity contribution in [2.24, 2.45) is 17.6 Å². The summed E-state index contributed by atoms with van der Waals surface area (Å²) in [6.07, 6.45) is 3.00. The summed E-state index contributed by atoms with van der Waals surface area (Å²) < 4.78 is 0.924. The van der Waals surface area contributed by atoms with Gasteiger partial charge in [-0.05, 0) is 43.5 Å². The lowest BCUT2D eigenvalue weighted by Gasteiger charge is -2.17. The van der Waals surface area contributed by atoms with E-state index in [-0.39, 0.29) is 23.7 Å². The summed E-state index contributed by atoms with van der Waals surface area (Å²) in [5.41, 5.74) is 7.31. The van der Waals surface area contributed by atoms with Crippen LogP contribution in [0.15, 0.2) is 18.2 Å². The van der Waals surface area contributed by atoms with Crippen molar-refractivity contribution in [2.75, 3.05) is 17.2 Å². The number of carbonyl (C=O) groups is 2. The SMILES string of the molecule is CC(=O)Nc1nc2ccc(NC(=O)[C@@H]3CCC[C@@H]3CN)cc2s1. The van der Waals surface area contributed by atoms with Gasteiger partial charge < -0.3 is 16.4 Å². The van der Waals surface area contributed by atoms with Crippen molar-refractivity contribution in [3.05, 3.63) is 18.2 Å². The van der Waals surface area contributed by atoms with Crippen LogP contribution in [0.1, 0.15) is 26.2 Å². The smallest absolute Gasteiger partial charge is 0.227 e. The lowest BCUT2D eigenvalue weighted by Crippen LogP contribution is -2.29. The fourth-order valence-electron chi connectivity index (χ4n) is 3.11. The molecule has 6 nitrogen and oxygen atoms in total. The molecule has 0 unspecified atom stereocenters. The highest BCUT2D eigenvalue weighted by molar-refractivity contribution is 7.22. The van der Waals surface area contributed by atoms with Crippen LogP contribution in [0.25, 0.3) is 10.2 Å². The predicted molar refractivity (Wildman–Crippen MR) is 92.4 cm³/mol. The minimum absolute atomic E-state index is 0.00657. The van der Waals surface area contributed by atoms with Crippen LogP contribution in [0.4, 0.5) is 10.8 Å². The molecule has 0 aliphatic heterocycles. The molecule has 1 aromatic carbocycles. The van der Waals surface area contributed by atoms with Crippen molar-refractivity contribution < 1.29 is 9.59 Å². The number of hydrogen-bond acceptors (Lipinski definition) is 5. The lowest BCUT2D eigenvalue weighted by molar-refractivity contribution is -0.120. The fourth-order valence-corrected chi connectivity index (χ4v) is 4.06. The molecule has 0 radical (unpaired) electrons. The maximum absolute atomic E-state index is 12.4. The molecule has 1 saturated carbocycles. The van der Waals surface area contributed by atoms with Crippen LogP contribution in [0.2, 0.25) is 0 Å². The number of nitrogens with two attached hydrogens (primary N) is 1. The molecule has 7 heteroatoms. The number of carbonyl (C=O) groups excluding carboxylic acids is 2. The molecule has 0 saturated heterocycles. The van der Waals surface area contributed by atoms with Gasteiger partial charge in [-0.25, -0.2) is 4.98 Å². The molecule has 1 fully saturated rings. The number of aromatic nitrogens is 1. The molecule has 23 heavy (non-hydrogen) atoms. The van der Waals surface area contributed by atoms with Crippen molar-refractivity contribution in [3.8, 4) is 0 Å². The van der Waals surface area contributed by atoms with E-state index in [1.807, 2.05) is 18.2 Å². The molecule has 1 aromatic heterocycles. The summed E-state index contributed by atoms with van der Waals surface area (Å²) in [5.74, 6) is 0.191. The molecule has 0 spiro atoms. The van der Waals surface area contributed by atoms with E-state index < -0.39 is 0 Å². The average Bonchev–Trinajstić information content (AvgIpc) is 3.11. The molecule has 122 valence electrons. The summed E-state index contributed by atoms with van der Waals surface area (Å²) in [5, 5.41) is 6.23. The van der Waals surface area contributed by atoms with Gasteiger partial charge in [0.1, 0.15) is 0 Å². The number of hydrogen-bond donors (Lipinski definition) is 3. The number of anilines is 2. The summed E-state index contributed by atoms with van der Waals surface area (Å²) in [6.45, 7) is 2.01. The third-order valence-corrected chi connectivity index (χ3v) is 5.17. The standard InChI is InChI=1S/C16H20N4O2S/c1-9(21)18-16-20-13-6-5-11(7-14(13)23-16)19-15(22)12-4-2-3-10(12)8-17/h5-7,10,12H,2-4,8,17H2,1H3,(H,19,22)(H,18,20,21)/t10-,12-/m1/s1. The normalized spacial score (nSPS) is 20.6. The van der Waals surface area contributed by atoms with Gasteiger partial charge in [-0.15, -0.1) is 0 Å². The molecule has 4 N–H and O–H groups in total. The van der Waals surface area contributed by atoms with Gasteiger partial charge in [0.25, 0.3) is 0 Å². The Kier molecular flexibility index (Phi) is 4.58. The van der Waals surface area contributed by atoms with Crippen molar-refractivity contribution in [2.45, 2.75) is 26.2 Å². The third kappa shape index (κ3) is 3.51. The van der Waals surface area contributed by atoms with E-state index in [9.17, 15) is 9.59 Å². The van der Waals surface area contributed by atoms with Gasteiger partial charge in [-0.2, -0.15) is 0 Å². The van der Waals surface area contributed by atoms with E-state index in [0.717, 1.165) is 35.2 Å². The van der Waals surface area contributed by atoms with Crippen LogP contribution in [-0.2, 0) is 9.59 Å². The second-order valence-electron chi connectivity index (χ2n) is 5.91. The molecule has 0 bridgehead atoms. The number of thiazole rings is 1. The first-order valence-corrected chi connectivity index (χ1v) is 8.57. The Balaban J connectivity index is 1.75. The highest BCUT2D eigenvalue weighted by atomic mass is 32.1. The molecule has 2 aromatic rings. The third-order valence-electron chi connectivity index (χ3n) is 4.24. The maximum atomic E-state index is 12.4. The molecule has 3 rings (SSSR count). The van der Waals surface area contributed by atoms with E-state index in [4.69, 9.17) is 5.73 Å². The van der Waals surface area contributed by atoms with Crippen LogP contribution >= 0.6 is 11.3 Å². The summed E-state index contributed by atoms with van der Waals surface area (Å²) in [7, 11) is 0. The van der Waals surface area contributed by atoms with Crippen molar-refractivity contribution >= 4 is 44.2 Å². The minimum Gasteiger partial charge on any atom is -0.330 e. The highest BCUT2D eigenvalue weighted by Crippen LogP contribution is 2.33. The first-order valence-electron chi connectivity index (χ1n) is 7.76. The number of fused-ring (bicyclic) bond motifs is 1. The van der Waals surface area contributed by atoms with Gasteiger partial charge in [-0.1, -0.05) is 17.8 Å². The Bertz CT molecular complexity index is 743. The molecular weight excluding hydrogens is 312 g/mol. The fraction of sp³-hybridized carbons (Fsp3) is 0.438. The summed E-state index contributed by atoms with van der Waals surface area (Å²) in [4.78, 5) is 27.9. The monoisotopic (exact) mass is 332 g/mol. The molecule has 1 aliphatic carbocycles. The topological polar surface area (TPSA) is 97.1 Å². The van der Waals surface area contributed by atoms with Crippen LogP contribution in [0.5, 0.6) is 0 Å². The molecule has 2 atom stereocenters. The zero-order valence-corrected chi connectivity index (χ0v) is 13.8. The average molecular weight is 332 g/mol. The van der Waals surface area contributed by atoms with E-state index in [0.29, 0.717) is 11.7 Å². The van der Waals surface area contributed by atoms with Gasteiger partial charge in [0.2, 0.25) is 11.8 Å². The number of benzene rings is 1. The Morgan fingerprint density at radius 3 is 2.91 bits per heavy atom. The maximum Gasteiger partial charge on any atom is 0.227 e. The van der Waals surface area contributed by atoms with E-state index in [1.165, 1.54) is 18.3 Å². The second kappa shape index (κ2) is 6.64. The lowest BCUT2D eigenvalue weighted by atomic mass is 9.95. The molecular formula is C16H20N4O2S. The predicted octanol–water partition coefficient (Wildman–Crippen LogP) is 2.57. The quantitative estimate of drug-likeness (QED) is 0.801. The first kappa shape index (κ1) is 15.9. The van der Waals surface area contributed by atoms with Crippen LogP contribution < -0.4 is 16.4 Å². The summed E-state index contributed by atoms with van der Waals surface area (Å²) in [6, 6.07) is 5.58. The molecule has 1 aliphatic rings. The number of rotatable bonds is 4. The van der Waals surface area contributed by atoms with Gasteiger partial charge in [0, 0.05) is 18.5 Å². The zero-order chi connectivity index (χ0) is 16.4.